The molecular weight excluding hydrogens is 505 g/mol. The molecular formula is C22H15Cl2N3O6S. The summed E-state index contributed by atoms with van der Waals surface area (Å²) in [6.45, 7) is -0.666. The molecule has 2 N–H and O–H groups in total. The summed E-state index contributed by atoms with van der Waals surface area (Å²) < 4.78 is 27.4. The SMILES string of the molecule is O=C(Cn1c(=O)n(S(=O)(=O)c2ccc(Cl)cc2)c(=O)c2ccc(Cl)cc21)Nc1ccccc1O. The molecule has 0 aliphatic carbocycles. The number of rotatable bonds is 5. The molecule has 0 atom stereocenters. The lowest BCUT2D eigenvalue weighted by molar-refractivity contribution is -0.116. The maximum absolute atomic E-state index is 13.3. The molecule has 12 heteroatoms. The summed E-state index contributed by atoms with van der Waals surface area (Å²) in [7, 11) is -4.64. The van der Waals surface area contributed by atoms with E-state index in [0.29, 0.717) is 0 Å². The molecule has 174 valence electrons. The molecule has 0 unspecified atom stereocenters. The number of carbonyl (C=O) groups is 1. The average Bonchev–Trinajstić information content (AvgIpc) is 2.78. The van der Waals surface area contributed by atoms with Gasteiger partial charge in [-0.15, -0.1) is 3.97 Å². The Morgan fingerprint density at radius 2 is 1.59 bits per heavy atom. The quantitative estimate of drug-likeness (QED) is 0.390. The van der Waals surface area contributed by atoms with Crippen LogP contribution in [0.3, 0.4) is 0 Å². The van der Waals surface area contributed by atoms with E-state index in [1.165, 1.54) is 42.5 Å². The van der Waals surface area contributed by atoms with Crippen molar-refractivity contribution >= 4 is 55.7 Å². The Hall–Kier alpha value is -3.60. The van der Waals surface area contributed by atoms with Crippen LogP contribution in [0.2, 0.25) is 10.0 Å². The summed E-state index contributed by atoms with van der Waals surface area (Å²) in [5, 5.41) is 12.6. The van der Waals surface area contributed by atoms with Crippen LogP contribution in [-0.4, -0.2) is 28.0 Å². The van der Waals surface area contributed by atoms with Crippen molar-refractivity contribution in [2.45, 2.75) is 11.4 Å². The van der Waals surface area contributed by atoms with E-state index in [4.69, 9.17) is 23.2 Å². The second-order valence-electron chi connectivity index (χ2n) is 7.12. The maximum atomic E-state index is 13.3. The molecule has 0 radical (unpaired) electrons. The highest BCUT2D eigenvalue weighted by molar-refractivity contribution is 7.90. The molecule has 0 bridgehead atoms. The van der Waals surface area contributed by atoms with Gasteiger partial charge in [-0.1, -0.05) is 35.3 Å². The highest BCUT2D eigenvalue weighted by Crippen LogP contribution is 2.22. The largest absolute Gasteiger partial charge is 0.506 e. The Balaban J connectivity index is 1.91. The fourth-order valence-corrected chi connectivity index (χ4v) is 4.91. The molecule has 1 heterocycles. The Morgan fingerprint density at radius 3 is 2.26 bits per heavy atom. The third-order valence-corrected chi connectivity index (χ3v) is 7.06. The molecule has 0 saturated carbocycles. The van der Waals surface area contributed by atoms with Crippen molar-refractivity contribution < 1.29 is 18.3 Å². The van der Waals surface area contributed by atoms with Gasteiger partial charge in [-0.2, -0.15) is 0 Å². The standard InChI is InChI=1S/C22H15Cl2N3O6S/c23-13-5-8-15(9-6-13)34(32,33)27-21(30)16-10-7-14(24)11-18(16)26(22(27)31)12-20(29)25-17-3-1-2-4-19(17)28/h1-11,28H,12H2,(H,25,29). The highest BCUT2D eigenvalue weighted by Gasteiger charge is 2.26. The van der Waals surface area contributed by atoms with Crippen LogP contribution in [0.4, 0.5) is 5.69 Å². The Morgan fingerprint density at radius 1 is 0.941 bits per heavy atom. The molecule has 3 aromatic carbocycles. The van der Waals surface area contributed by atoms with Gasteiger partial charge in [0.25, 0.3) is 15.6 Å². The number of anilines is 1. The van der Waals surface area contributed by atoms with E-state index in [9.17, 15) is 27.9 Å². The molecule has 4 rings (SSSR count). The molecule has 34 heavy (non-hydrogen) atoms. The number of aromatic nitrogens is 2. The van der Waals surface area contributed by atoms with Gasteiger partial charge in [0, 0.05) is 10.0 Å². The van der Waals surface area contributed by atoms with Gasteiger partial charge in [-0.3, -0.25) is 14.2 Å². The van der Waals surface area contributed by atoms with Crippen LogP contribution >= 0.6 is 23.2 Å². The van der Waals surface area contributed by atoms with Gasteiger partial charge in [0.05, 0.1) is 21.5 Å². The smallest absolute Gasteiger partial charge is 0.346 e. The summed E-state index contributed by atoms with van der Waals surface area (Å²) >= 11 is 11.9. The van der Waals surface area contributed by atoms with E-state index < -0.39 is 33.7 Å². The summed E-state index contributed by atoms with van der Waals surface area (Å²) in [6, 6.07) is 14.8. The van der Waals surface area contributed by atoms with E-state index in [0.717, 1.165) is 16.7 Å². The van der Waals surface area contributed by atoms with Crippen LogP contribution in [0.1, 0.15) is 0 Å². The van der Waals surface area contributed by atoms with Crippen LogP contribution in [-0.2, 0) is 21.4 Å². The van der Waals surface area contributed by atoms with Gasteiger partial charge < -0.3 is 10.4 Å². The van der Waals surface area contributed by atoms with Gasteiger partial charge in [-0.25, -0.2) is 13.2 Å². The normalized spacial score (nSPS) is 11.5. The minimum Gasteiger partial charge on any atom is -0.506 e. The van der Waals surface area contributed by atoms with E-state index in [1.807, 2.05) is 0 Å². The number of carbonyl (C=O) groups excluding carboxylic acids is 1. The monoisotopic (exact) mass is 519 g/mol. The van der Waals surface area contributed by atoms with E-state index in [-0.39, 0.29) is 41.3 Å². The number of hydrogen-bond donors (Lipinski definition) is 2. The Bertz CT molecular complexity index is 1660. The molecule has 0 aliphatic heterocycles. The molecule has 1 aromatic heterocycles. The minimum atomic E-state index is -4.64. The number of fused-ring (bicyclic) bond motifs is 1. The van der Waals surface area contributed by atoms with Crippen molar-refractivity contribution in [2.24, 2.45) is 0 Å². The summed E-state index contributed by atoms with van der Waals surface area (Å²) in [6.07, 6.45) is 0. The van der Waals surface area contributed by atoms with Crippen molar-refractivity contribution in [1.29, 1.82) is 0 Å². The number of phenolic OH excluding ortho intramolecular Hbond substituents is 1. The number of phenols is 1. The van der Waals surface area contributed by atoms with Crippen molar-refractivity contribution in [3.8, 4) is 5.75 Å². The lowest BCUT2D eigenvalue weighted by atomic mass is 10.2. The van der Waals surface area contributed by atoms with Crippen molar-refractivity contribution in [1.82, 2.24) is 8.54 Å². The van der Waals surface area contributed by atoms with Crippen LogP contribution in [0.15, 0.2) is 81.2 Å². The number of benzene rings is 3. The highest BCUT2D eigenvalue weighted by atomic mass is 35.5. The van der Waals surface area contributed by atoms with E-state index in [2.05, 4.69) is 5.32 Å². The van der Waals surface area contributed by atoms with Crippen LogP contribution in [0, 0.1) is 0 Å². The minimum absolute atomic E-state index is 0.0301. The predicted octanol–water partition coefficient (Wildman–Crippen LogP) is 3.05. The number of halogens is 2. The fraction of sp³-hybridized carbons (Fsp3) is 0.0455. The number of amides is 1. The maximum Gasteiger partial charge on any atom is 0.346 e. The first-order valence-electron chi connectivity index (χ1n) is 9.63. The van der Waals surface area contributed by atoms with Crippen molar-refractivity contribution in [3.63, 3.8) is 0 Å². The van der Waals surface area contributed by atoms with E-state index in [1.54, 1.807) is 12.1 Å². The van der Waals surface area contributed by atoms with Crippen molar-refractivity contribution in [2.75, 3.05) is 5.32 Å². The molecule has 0 fully saturated rings. The number of para-hydroxylation sites is 2. The van der Waals surface area contributed by atoms with Gasteiger partial charge in [0.2, 0.25) is 5.91 Å². The predicted molar refractivity (Wildman–Crippen MR) is 128 cm³/mol. The number of hydrogen-bond acceptors (Lipinski definition) is 6. The van der Waals surface area contributed by atoms with Crippen LogP contribution in [0.25, 0.3) is 10.9 Å². The molecule has 9 nitrogen and oxygen atoms in total. The second-order valence-corrected chi connectivity index (χ2v) is 9.78. The van der Waals surface area contributed by atoms with Crippen LogP contribution in [0.5, 0.6) is 5.75 Å². The van der Waals surface area contributed by atoms with Gasteiger partial charge in [0.1, 0.15) is 12.3 Å². The fourth-order valence-electron chi connectivity index (χ4n) is 3.31. The number of aromatic hydroxyl groups is 1. The topological polar surface area (TPSA) is 127 Å². The third-order valence-electron chi connectivity index (χ3n) is 4.90. The molecule has 0 spiro atoms. The lowest BCUT2D eigenvalue weighted by Crippen LogP contribution is -2.45. The molecule has 0 saturated heterocycles. The van der Waals surface area contributed by atoms with Crippen LogP contribution < -0.4 is 16.6 Å². The molecule has 0 aliphatic rings. The second kappa shape index (κ2) is 8.98. The zero-order valence-corrected chi connectivity index (χ0v) is 19.4. The number of nitrogens with one attached hydrogen (secondary N) is 1. The van der Waals surface area contributed by atoms with Crippen molar-refractivity contribution in [3.05, 3.63) is 97.6 Å². The van der Waals surface area contributed by atoms with Gasteiger partial charge in [-0.05, 0) is 54.6 Å². The Kier molecular flexibility index (Phi) is 6.22. The Labute approximate surface area is 202 Å². The first-order chi connectivity index (χ1) is 16.1. The number of nitrogens with zero attached hydrogens (tertiary/aromatic N) is 2. The summed E-state index contributed by atoms with van der Waals surface area (Å²) in [4.78, 5) is 38.8. The molecule has 4 aromatic rings. The summed E-state index contributed by atoms with van der Waals surface area (Å²) in [5.74, 6) is -0.953. The average molecular weight is 520 g/mol. The first-order valence-corrected chi connectivity index (χ1v) is 11.8. The summed E-state index contributed by atoms with van der Waals surface area (Å²) in [5.41, 5.74) is -2.30. The van der Waals surface area contributed by atoms with Gasteiger partial charge in [0.15, 0.2) is 0 Å². The first kappa shape index (κ1) is 23.6. The zero-order valence-electron chi connectivity index (χ0n) is 17.1. The van der Waals surface area contributed by atoms with Gasteiger partial charge >= 0.3 is 5.69 Å². The zero-order chi connectivity index (χ0) is 24.6. The van der Waals surface area contributed by atoms with E-state index >= 15 is 0 Å². The lowest BCUT2D eigenvalue weighted by Gasteiger charge is -2.15. The third kappa shape index (κ3) is 4.30. The molecule has 1 amide bonds.